The van der Waals surface area contributed by atoms with Gasteiger partial charge in [0.25, 0.3) is 0 Å². The van der Waals surface area contributed by atoms with E-state index in [2.05, 4.69) is 67.9 Å². The lowest BCUT2D eigenvalue weighted by Gasteiger charge is -2.31. The van der Waals surface area contributed by atoms with Gasteiger partial charge in [-0.05, 0) is 41.7 Å². The van der Waals surface area contributed by atoms with E-state index in [4.69, 9.17) is 0 Å². The number of halogens is 1. The first kappa shape index (κ1) is 16.8. The molecule has 0 nitrogen and oxygen atoms in total. The Morgan fingerprint density at radius 3 is 2.16 bits per heavy atom. The third kappa shape index (κ3) is 4.95. The molecule has 19 heavy (non-hydrogen) atoms. The van der Waals surface area contributed by atoms with Crippen molar-refractivity contribution in [2.45, 2.75) is 65.7 Å². The topological polar surface area (TPSA) is 0 Å². The van der Waals surface area contributed by atoms with Gasteiger partial charge >= 0.3 is 0 Å². The van der Waals surface area contributed by atoms with Crippen LogP contribution in [0, 0.1) is 5.41 Å². The van der Waals surface area contributed by atoms with Crippen LogP contribution >= 0.6 is 15.9 Å². The second-order valence-corrected chi connectivity index (χ2v) is 6.72. The summed E-state index contributed by atoms with van der Waals surface area (Å²) in [4.78, 5) is 0. The Balaban J connectivity index is 2.78. The summed E-state index contributed by atoms with van der Waals surface area (Å²) < 4.78 is 0. The molecular formula is C18H29Br. The number of benzene rings is 1. The minimum Gasteiger partial charge on any atom is -0.0922 e. The van der Waals surface area contributed by atoms with Crippen LogP contribution in [0.5, 0.6) is 0 Å². The highest BCUT2D eigenvalue weighted by Gasteiger charge is 2.26. The van der Waals surface area contributed by atoms with Gasteiger partial charge in [-0.1, -0.05) is 80.7 Å². The Kier molecular flexibility index (Phi) is 7.13. The molecule has 0 aliphatic heterocycles. The van der Waals surface area contributed by atoms with Gasteiger partial charge in [-0.15, -0.1) is 0 Å². The summed E-state index contributed by atoms with van der Waals surface area (Å²) >= 11 is 3.76. The highest BCUT2D eigenvalue weighted by atomic mass is 79.9. The van der Waals surface area contributed by atoms with Crippen LogP contribution < -0.4 is 0 Å². The molecule has 108 valence electrons. The summed E-state index contributed by atoms with van der Waals surface area (Å²) in [5.74, 6) is 0.626. The molecule has 0 spiro atoms. The molecule has 0 amide bonds. The van der Waals surface area contributed by atoms with Crippen LogP contribution in [0.3, 0.4) is 0 Å². The maximum absolute atomic E-state index is 3.76. The number of hydrogen-bond acceptors (Lipinski definition) is 0. The molecule has 0 aromatic heterocycles. The number of alkyl halides is 1. The van der Waals surface area contributed by atoms with Gasteiger partial charge in [-0.3, -0.25) is 0 Å². The first-order valence-corrected chi connectivity index (χ1v) is 8.84. The fourth-order valence-electron chi connectivity index (χ4n) is 2.60. The third-order valence-corrected chi connectivity index (χ3v) is 5.51. The molecule has 1 aromatic carbocycles. The van der Waals surface area contributed by atoms with Crippen LogP contribution in [0.1, 0.15) is 70.4 Å². The summed E-state index contributed by atoms with van der Waals surface area (Å²) in [5, 5.41) is 1.11. The van der Waals surface area contributed by atoms with E-state index in [9.17, 15) is 0 Å². The molecule has 0 aliphatic carbocycles. The molecule has 1 unspecified atom stereocenters. The molecule has 1 rings (SSSR count). The number of rotatable bonds is 8. The molecule has 0 aliphatic rings. The van der Waals surface area contributed by atoms with Crippen molar-refractivity contribution in [3.8, 4) is 0 Å². The van der Waals surface area contributed by atoms with Crippen LogP contribution in [0.2, 0.25) is 0 Å². The van der Waals surface area contributed by atoms with E-state index < -0.39 is 0 Å². The van der Waals surface area contributed by atoms with Gasteiger partial charge < -0.3 is 0 Å². The lowest BCUT2D eigenvalue weighted by atomic mass is 9.77. The smallest absolute Gasteiger partial charge is 0.00910 e. The molecule has 0 heterocycles. The Morgan fingerprint density at radius 2 is 1.74 bits per heavy atom. The molecule has 0 bridgehead atoms. The molecular weight excluding hydrogens is 296 g/mol. The zero-order valence-corrected chi connectivity index (χ0v) is 14.6. The average molecular weight is 325 g/mol. The molecule has 1 heteroatoms. The highest BCUT2D eigenvalue weighted by Crippen LogP contribution is 2.35. The zero-order valence-electron chi connectivity index (χ0n) is 13.0. The monoisotopic (exact) mass is 324 g/mol. The van der Waals surface area contributed by atoms with Crippen molar-refractivity contribution in [2.24, 2.45) is 5.41 Å². The van der Waals surface area contributed by atoms with Gasteiger partial charge in [-0.2, -0.15) is 0 Å². The van der Waals surface area contributed by atoms with Crippen molar-refractivity contribution >= 4 is 15.9 Å². The van der Waals surface area contributed by atoms with E-state index in [0.717, 1.165) is 5.33 Å². The Labute approximate surface area is 128 Å². The van der Waals surface area contributed by atoms with Gasteiger partial charge in [-0.25, -0.2) is 0 Å². The number of unbranched alkanes of at least 4 members (excludes halogenated alkanes) is 1. The lowest BCUT2D eigenvalue weighted by molar-refractivity contribution is 0.284. The summed E-state index contributed by atoms with van der Waals surface area (Å²) in [7, 11) is 0. The highest BCUT2D eigenvalue weighted by molar-refractivity contribution is 9.09. The van der Waals surface area contributed by atoms with Crippen molar-refractivity contribution in [1.29, 1.82) is 0 Å². The summed E-state index contributed by atoms with van der Waals surface area (Å²) in [5.41, 5.74) is 3.37. The van der Waals surface area contributed by atoms with Gasteiger partial charge in [0, 0.05) is 5.33 Å². The van der Waals surface area contributed by atoms with E-state index in [1.54, 1.807) is 0 Å². The fraction of sp³-hybridized carbons (Fsp3) is 0.667. The Hall–Kier alpha value is -0.300. The molecule has 1 atom stereocenters. The van der Waals surface area contributed by atoms with Crippen molar-refractivity contribution < 1.29 is 0 Å². The van der Waals surface area contributed by atoms with Crippen molar-refractivity contribution in [2.75, 3.05) is 5.33 Å². The predicted molar refractivity (Wildman–Crippen MR) is 90.3 cm³/mol. The second-order valence-electron chi connectivity index (χ2n) is 6.16. The molecule has 0 radical (unpaired) electrons. The van der Waals surface area contributed by atoms with E-state index in [1.807, 2.05) is 0 Å². The van der Waals surface area contributed by atoms with Gasteiger partial charge in [0.05, 0.1) is 0 Å². The quantitative estimate of drug-likeness (QED) is 0.490. The van der Waals surface area contributed by atoms with Crippen molar-refractivity contribution in [1.82, 2.24) is 0 Å². The van der Waals surface area contributed by atoms with E-state index >= 15 is 0 Å². The van der Waals surface area contributed by atoms with Gasteiger partial charge in [0.2, 0.25) is 0 Å². The zero-order chi connectivity index (χ0) is 14.3. The molecule has 0 saturated heterocycles. The Morgan fingerprint density at radius 1 is 1.11 bits per heavy atom. The largest absolute Gasteiger partial charge is 0.0922 e. The molecule has 0 fully saturated rings. The lowest BCUT2D eigenvalue weighted by Crippen LogP contribution is -2.25. The van der Waals surface area contributed by atoms with Gasteiger partial charge in [0.1, 0.15) is 0 Å². The van der Waals surface area contributed by atoms with Crippen molar-refractivity contribution in [3.63, 3.8) is 0 Å². The van der Waals surface area contributed by atoms with E-state index in [-0.39, 0.29) is 0 Å². The van der Waals surface area contributed by atoms with Crippen LogP contribution in [0.15, 0.2) is 24.3 Å². The minimum atomic E-state index is 0.440. The van der Waals surface area contributed by atoms with Crippen LogP contribution in [0.25, 0.3) is 0 Å². The first-order chi connectivity index (χ1) is 9.06. The predicted octanol–water partition coefficient (Wildman–Crippen LogP) is 6.33. The SMILES string of the molecule is CCCCC(CC)(CBr)Cc1ccc(C(C)C)cc1. The number of hydrogen-bond donors (Lipinski definition) is 0. The normalized spacial score (nSPS) is 14.6. The summed E-state index contributed by atoms with van der Waals surface area (Å²) in [6, 6.07) is 9.26. The third-order valence-electron chi connectivity index (χ3n) is 4.32. The standard InChI is InChI=1S/C18H29Br/c1-5-7-12-18(6-2,14-19)13-16-8-10-17(11-9-16)15(3)4/h8-11,15H,5-7,12-14H2,1-4H3. The van der Waals surface area contributed by atoms with Crippen molar-refractivity contribution in [3.05, 3.63) is 35.4 Å². The second kappa shape index (κ2) is 8.09. The molecule has 0 saturated carbocycles. The van der Waals surface area contributed by atoms with E-state index in [1.165, 1.54) is 43.2 Å². The van der Waals surface area contributed by atoms with Crippen LogP contribution in [-0.2, 0) is 6.42 Å². The molecule has 0 N–H and O–H groups in total. The first-order valence-electron chi connectivity index (χ1n) is 7.71. The van der Waals surface area contributed by atoms with Crippen LogP contribution in [-0.4, -0.2) is 5.33 Å². The van der Waals surface area contributed by atoms with Crippen LogP contribution in [0.4, 0.5) is 0 Å². The van der Waals surface area contributed by atoms with Gasteiger partial charge in [0.15, 0.2) is 0 Å². The maximum Gasteiger partial charge on any atom is 0.00910 e. The summed E-state index contributed by atoms with van der Waals surface area (Å²) in [6.45, 7) is 9.13. The van der Waals surface area contributed by atoms with E-state index in [0.29, 0.717) is 11.3 Å². The minimum absolute atomic E-state index is 0.440. The molecule has 1 aromatic rings. The average Bonchev–Trinajstić information content (AvgIpc) is 2.44. The fourth-order valence-corrected chi connectivity index (χ4v) is 3.48. The summed E-state index contributed by atoms with van der Waals surface area (Å²) in [6.07, 6.45) is 6.42. The Bertz CT molecular complexity index is 346. The maximum atomic E-state index is 3.76.